The van der Waals surface area contributed by atoms with Crippen molar-refractivity contribution in [2.24, 2.45) is 23.2 Å². The Morgan fingerprint density at radius 2 is 2.12 bits per heavy atom. The zero-order chi connectivity index (χ0) is 12.4. The van der Waals surface area contributed by atoms with E-state index in [0.29, 0.717) is 23.8 Å². The molecule has 2 heteroatoms. The second-order valence-electron chi connectivity index (χ2n) is 6.69. The maximum atomic E-state index is 12.3. The summed E-state index contributed by atoms with van der Waals surface area (Å²) in [7, 11) is 1.99. The van der Waals surface area contributed by atoms with Crippen LogP contribution in [-0.4, -0.2) is 23.9 Å². The van der Waals surface area contributed by atoms with E-state index in [1.807, 2.05) is 11.9 Å². The van der Waals surface area contributed by atoms with Crippen LogP contribution in [0.25, 0.3) is 0 Å². The van der Waals surface area contributed by atoms with Crippen molar-refractivity contribution in [3.63, 3.8) is 0 Å². The molecule has 0 aromatic heterocycles. The van der Waals surface area contributed by atoms with Crippen LogP contribution in [0.2, 0.25) is 0 Å². The van der Waals surface area contributed by atoms with Gasteiger partial charge in [-0.1, -0.05) is 32.4 Å². The predicted molar refractivity (Wildman–Crippen MR) is 68.4 cm³/mol. The van der Waals surface area contributed by atoms with Crippen LogP contribution in [-0.2, 0) is 4.79 Å². The lowest BCUT2D eigenvalue weighted by Crippen LogP contribution is -2.42. The number of carbonyl (C=O) groups is 1. The molecule has 1 heterocycles. The fourth-order valence-corrected chi connectivity index (χ4v) is 4.51. The van der Waals surface area contributed by atoms with Crippen molar-refractivity contribution in [3.8, 4) is 0 Å². The molecule has 0 spiro atoms. The molecule has 0 radical (unpaired) electrons. The highest BCUT2D eigenvalue weighted by atomic mass is 16.2. The lowest BCUT2D eigenvalue weighted by molar-refractivity contribution is -0.130. The third kappa shape index (κ3) is 1.24. The maximum Gasteiger partial charge on any atom is 0.226 e. The Labute approximate surface area is 104 Å². The molecule has 1 aliphatic heterocycles. The minimum Gasteiger partial charge on any atom is -0.338 e. The summed E-state index contributed by atoms with van der Waals surface area (Å²) in [6.07, 6.45) is 5.99. The molecule has 1 amide bonds. The van der Waals surface area contributed by atoms with E-state index in [4.69, 9.17) is 0 Å². The van der Waals surface area contributed by atoms with Crippen molar-refractivity contribution in [1.82, 2.24) is 4.90 Å². The van der Waals surface area contributed by atoms with Crippen LogP contribution in [0.1, 0.15) is 40.0 Å². The van der Waals surface area contributed by atoms with Crippen LogP contribution in [0.3, 0.4) is 0 Å². The first-order valence-electron chi connectivity index (χ1n) is 6.93. The van der Waals surface area contributed by atoms with E-state index in [9.17, 15) is 4.79 Å². The maximum absolute atomic E-state index is 12.3. The summed E-state index contributed by atoms with van der Waals surface area (Å²) in [5.41, 5.74) is 1.80. The summed E-state index contributed by atoms with van der Waals surface area (Å²) < 4.78 is 0. The van der Waals surface area contributed by atoms with Gasteiger partial charge in [-0.15, -0.1) is 0 Å². The molecule has 3 rings (SSSR count). The van der Waals surface area contributed by atoms with Gasteiger partial charge < -0.3 is 4.90 Å². The summed E-state index contributed by atoms with van der Waals surface area (Å²) >= 11 is 0. The molecule has 0 aromatic carbocycles. The molecule has 2 aliphatic carbocycles. The number of likely N-dealkylation sites (N-methyl/N-ethyl adjacent to an activating group) is 1. The molecule has 94 valence electrons. The van der Waals surface area contributed by atoms with Gasteiger partial charge in [-0.2, -0.15) is 0 Å². The highest BCUT2D eigenvalue weighted by molar-refractivity contribution is 5.84. The summed E-state index contributed by atoms with van der Waals surface area (Å²) in [6.45, 7) is 6.91. The lowest BCUT2D eigenvalue weighted by atomic mass is 9.64. The molecule has 17 heavy (non-hydrogen) atoms. The average Bonchev–Trinajstić information content (AvgIpc) is 2.70. The van der Waals surface area contributed by atoms with Crippen molar-refractivity contribution in [2.45, 2.75) is 46.1 Å². The van der Waals surface area contributed by atoms with Crippen LogP contribution < -0.4 is 0 Å². The van der Waals surface area contributed by atoms with Gasteiger partial charge in [0, 0.05) is 18.4 Å². The normalized spacial score (nSPS) is 44.3. The minimum absolute atomic E-state index is 0.226. The Bertz CT molecular complexity index is 398. The van der Waals surface area contributed by atoms with Gasteiger partial charge >= 0.3 is 0 Å². The molecule has 1 saturated carbocycles. The average molecular weight is 233 g/mol. The second kappa shape index (κ2) is 3.37. The molecule has 0 unspecified atom stereocenters. The first-order chi connectivity index (χ1) is 7.96. The Morgan fingerprint density at radius 3 is 2.76 bits per heavy atom. The van der Waals surface area contributed by atoms with Crippen LogP contribution in [0.4, 0.5) is 0 Å². The van der Waals surface area contributed by atoms with Gasteiger partial charge in [0.1, 0.15) is 0 Å². The van der Waals surface area contributed by atoms with E-state index in [-0.39, 0.29) is 5.41 Å². The number of rotatable bonds is 1. The number of allylic oxidation sites excluding steroid dienone is 1. The molecular formula is C15H23NO. The van der Waals surface area contributed by atoms with Gasteiger partial charge in [0.15, 0.2) is 0 Å². The third-order valence-corrected chi connectivity index (χ3v) is 5.73. The molecule has 2 fully saturated rings. The van der Waals surface area contributed by atoms with Crippen LogP contribution >= 0.6 is 0 Å². The number of nitrogens with zero attached hydrogens (tertiary/aromatic N) is 1. The lowest BCUT2D eigenvalue weighted by Gasteiger charge is -2.42. The molecule has 4 atom stereocenters. The smallest absolute Gasteiger partial charge is 0.226 e. The molecule has 0 N–H and O–H groups in total. The topological polar surface area (TPSA) is 20.3 Å². The fourth-order valence-electron chi connectivity index (χ4n) is 4.51. The molecule has 2 nitrogen and oxygen atoms in total. The Morgan fingerprint density at radius 1 is 1.41 bits per heavy atom. The number of likely N-dealkylation sites (tertiary alicyclic amines) is 1. The van der Waals surface area contributed by atoms with Gasteiger partial charge in [-0.05, 0) is 31.1 Å². The first-order valence-corrected chi connectivity index (χ1v) is 6.93. The van der Waals surface area contributed by atoms with Crippen molar-refractivity contribution >= 4 is 5.91 Å². The fraction of sp³-hybridized carbons (Fsp3) is 0.800. The molecule has 0 bridgehead atoms. The molecule has 3 aliphatic rings. The van der Waals surface area contributed by atoms with Crippen molar-refractivity contribution in [2.75, 3.05) is 7.05 Å². The van der Waals surface area contributed by atoms with Crippen LogP contribution in [0, 0.1) is 23.2 Å². The van der Waals surface area contributed by atoms with Gasteiger partial charge in [-0.3, -0.25) is 4.79 Å². The quantitative estimate of drug-likeness (QED) is 0.638. The summed E-state index contributed by atoms with van der Waals surface area (Å²) in [5.74, 6) is 2.05. The van der Waals surface area contributed by atoms with E-state index in [2.05, 4.69) is 26.8 Å². The number of carbonyl (C=O) groups excluding carboxylic acids is 1. The Hall–Kier alpha value is -0.790. The summed E-state index contributed by atoms with van der Waals surface area (Å²) in [4.78, 5) is 14.3. The zero-order valence-corrected chi connectivity index (χ0v) is 11.4. The summed E-state index contributed by atoms with van der Waals surface area (Å²) in [6, 6.07) is 0.360. The van der Waals surface area contributed by atoms with Crippen molar-refractivity contribution in [3.05, 3.63) is 11.6 Å². The first kappa shape index (κ1) is 11.3. The van der Waals surface area contributed by atoms with E-state index in [1.165, 1.54) is 12.8 Å². The highest BCUT2D eigenvalue weighted by Gasteiger charge is 2.62. The molecule has 0 aromatic rings. The Balaban J connectivity index is 2.07. The SMILES string of the molecule is CC(C)C1=C[C@@H]2N(C)C(=O)[C@H]3CC[C@@H](C1)[C@]32C. The Kier molecular flexibility index (Phi) is 2.24. The zero-order valence-electron chi connectivity index (χ0n) is 11.4. The molecular weight excluding hydrogens is 210 g/mol. The largest absolute Gasteiger partial charge is 0.338 e. The van der Waals surface area contributed by atoms with Crippen LogP contribution in [0.5, 0.6) is 0 Å². The predicted octanol–water partition coefficient (Wildman–Crippen LogP) is 2.85. The van der Waals surface area contributed by atoms with Gasteiger partial charge in [0.2, 0.25) is 5.91 Å². The third-order valence-electron chi connectivity index (χ3n) is 5.73. The minimum atomic E-state index is 0.226. The van der Waals surface area contributed by atoms with E-state index >= 15 is 0 Å². The highest BCUT2D eigenvalue weighted by Crippen LogP contribution is 2.60. The van der Waals surface area contributed by atoms with E-state index in [0.717, 1.165) is 12.3 Å². The van der Waals surface area contributed by atoms with Gasteiger partial charge in [-0.25, -0.2) is 0 Å². The van der Waals surface area contributed by atoms with E-state index in [1.54, 1.807) is 5.57 Å². The molecule has 1 saturated heterocycles. The van der Waals surface area contributed by atoms with E-state index < -0.39 is 0 Å². The number of hydrogen-bond donors (Lipinski definition) is 0. The number of hydrogen-bond acceptors (Lipinski definition) is 1. The second-order valence-corrected chi connectivity index (χ2v) is 6.69. The van der Waals surface area contributed by atoms with Gasteiger partial charge in [0.05, 0.1) is 6.04 Å². The van der Waals surface area contributed by atoms with Crippen molar-refractivity contribution < 1.29 is 4.79 Å². The van der Waals surface area contributed by atoms with Crippen molar-refractivity contribution in [1.29, 1.82) is 0 Å². The standard InChI is InChI=1S/C15H23NO/c1-9(2)10-7-11-5-6-12-14(17)16(4)13(8-10)15(11,12)3/h8-9,11-13H,5-7H2,1-4H3/t11-,12+,13-,15+/m0/s1. The monoisotopic (exact) mass is 233 g/mol. The number of amides is 1. The van der Waals surface area contributed by atoms with Gasteiger partial charge in [0.25, 0.3) is 0 Å². The van der Waals surface area contributed by atoms with Crippen LogP contribution in [0.15, 0.2) is 11.6 Å². The summed E-state index contributed by atoms with van der Waals surface area (Å²) in [5, 5.41) is 0.